The second kappa shape index (κ2) is 5.46. The van der Waals surface area contributed by atoms with Crippen LogP contribution in [-0.4, -0.2) is 21.0 Å². The van der Waals surface area contributed by atoms with Crippen molar-refractivity contribution in [3.8, 4) is 5.75 Å². The Balaban J connectivity index is 2.16. The van der Waals surface area contributed by atoms with E-state index in [0.717, 1.165) is 5.56 Å². The summed E-state index contributed by atoms with van der Waals surface area (Å²) >= 11 is 5.92. The predicted octanol–water partition coefficient (Wildman–Crippen LogP) is 2.41. The lowest BCUT2D eigenvalue weighted by Gasteiger charge is -2.09. The summed E-state index contributed by atoms with van der Waals surface area (Å²) in [5, 5.41) is 9.44. The molecule has 0 aliphatic heterocycles. The molecule has 0 bridgehead atoms. The van der Waals surface area contributed by atoms with E-state index in [-0.39, 0.29) is 17.9 Å². The number of ether oxygens (including phenoxy) is 1. The fourth-order valence-corrected chi connectivity index (χ4v) is 1.52. The number of rotatable bonds is 4. The van der Waals surface area contributed by atoms with Gasteiger partial charge in [0.05, 0.1) is 11.2 Å². The molecule has 92 valence electrons. The van der Waals surface area contributed by atoms with Crippen LogP contribution in [0.4, 0.5) is 0 Å². The maximum absolute atomic E-state index is 11.0. The molecule has 18 heavy (non-hydrogen) atoms. The molecular weight excluding hydrogens is 256 g/mol. The van der Waals surface area contributed by atoms with Crippen LogP contribution < -0.4 is 4.74 Å². The fourth-order valence-electron chi connectivity index (χ4n) is 1.35. The van der Waals surface area contributed by atoms with Crippen LogP contribution in [0.15, 0.2) is 36.9 Å². The second-order valence-corrected chi connectivity index (χ2v) is 3.84. The van der Waals surface area contributed by atoms with E-state index < -0.39 is 5.97 Å². The predicted molar refractivity (Wildman–Crippen MR) is 64.8 cm³/mol. The molecule has 0 aromatic carbocycles. The molecule has 2 aromatic rings. The SMILES string of the molecule is O=C(O)c1ccncc1OCc1ccncc1Cl. The molecule has 0 aliphatic carbocycles. The van der Waals surface area contributed by atoms with Gasteiger partial charge in [0.2, 0.25) is 0 Å². The van der Waals surface area contributed by atoms with Gasteiger partial charge in [0.15, 0.2) is 5.75 Å². The van der Waals surface area contributed by atoms with Crippen LogP contribution in [-0.2, 0) is 6.61 Å². The number of carbonyl (C=O) groups is 1. The van der Waals surface area contributed by atoms with Gasteiger partial charge >= 0.3 is 5.97 Å². The van der Waals surface area contributed by atoms with E-state index >= 15 is 0 Å². The van der Waals surface area contributed by atoms with E-state index in [0.29, 0.717) is 5.02 Å². The summed E-state index contributed by atoms with van der Waals surface area (Å²) < 4.78 is 5.41. The lowest BCUT2D eigenvalue weighted by atomic mass is 10.2. The summed E-state index contributed by atoms with van der Waals surface area (Å²) in [6.45, 7) is 0.160. The highest BCUT2D eigenvalue weighted by molar-refractivity contribution is 6.31. The van der Waals surface area contributed by atoms with E-state index in [2.05, 4.69) is 9.97 Å². The average molecular weight is 265 g/mol. The first-order valence-corrected chi connectivity index (χ1v) is 5.45. The molecule has 0 unspecified atom stereocenters. The molecule has 0 spiro atoms. The Labute approximate surface area is 108 Å². The van der Waals surface area contributed by atoms with Crippen molar-refractivity contribution >= 4 is 17.6 Å². The Morgan fingerprint density at radius 2 is 2.00 bits per heavy atom. The van der Waals surface area contributed by atoms with Crippen LogP contribution in [0.2, 0.25) is 5.02 Å². The lowest BCUT2D eigenvalue weighted by Crippen LogP contribution is -2.04. The Morgan fingerprint density at radius 3 is 2.72 bits per heavy atom. The van der Waals surface area contributed by atoms with Gasteiger partial charge in [-0.05, 0) is 12.1 Å². The molecule has 2 heterocycles. The van der Waals surface area contributed by atoms with Gasteiger partial charge in [-0.25, -0.2) is 4.79 Å². The number of carboxylic acid groups (broad SMARTS) is 1. The van der Waals surface area contributed by atoms with E-state index in [4.69, 9.17) is 21.4 Å². The number of aromatic carboxylic acids is 1. The molecule has 0 radical (unpaired) electrons. The number of carboxylic acids is 1. The molecule has 0 atom stereocenters. The normalized spacial score (nSPS) is 10.1. The van der Waals surface area contributed by atoms with E-state index in [1.165, 1.54) is 24.7 Å². The van der Waals surface area contributed by atoms with E-state index in [1.54, 1.807) is 12.3 Å². The quantitative estimate of drug-likeness (QED) is 0.918. The molecule has 2 rings (SSSR count). The largest absolute Gasteiger partial charge is 0.486 e. The van der Waals surface area contributed by atoms with E-state index in [1.807, 2.05) is 0 Å². The Morgan fingerprint density at radius 1 is 1.28 bits per heavy atom. The molecule has 6 heteroatoms. The standard InChI is InChI=1S/C12H9ClN2O3/c13-10-5-14-3-1-8(10)7-18-11-6-15-4-2-9(11)12(16)17/h1-6H,7H2,(H,16,17). The van der Waals surface area contributed by atoms with Crippen LogP contribution in [0.3, 0.4) is 0 Å². The zero-order valence-corrected chi connectivity index (χ0v) is 9.96. The fraction of sp³-hybridized carbons (Fsp3) is 0.0833. The van der Waals surface area contributed by atoms with Crippen LogP contribution in [0.25, 0.3) is 0 Å². The van der Waals surface area contributed by atoms with Gasteiger partial charge in [-0.15, -0.1) is 0 Å². The minimum Gasteiger partial charge on any atom is -0.486 e. The molecule has 0 saturated heterocycles. The summed E-state index contributed by atoms with van der Waals surface area (Å²) in [7, 11) is 0. The van der Waals surface area contributed by atoms with Crippen molar-refractivity contribution in [3.63, 3.8) is 0 Å². The van der Waals surface area contributed by atoms with E-state index in [9.17, 15) is 4.79 Å². The third kappa shape index (κ3) is 2.75. The molecule has 1 N–H and O–H groups in total. The molecular formula is C12H9ClN2O3. The molecule has 5 nitrogen and oxygen atoms in total. The van der Waals surface area contributed by atoms with Crippen molar-refractivity contribution in [2.24, 2.45) is 0 Å². The smallest absolute Gasteiger partial charge is 0.339 e. The first-order valence-electron chi connectivity index (χ1n) is 5.07. The molecule has 2 aromatic heterocycles. The van der Waals surface area contributed by atoms with Crippen LogP contribution in [0.1, 0.15) is 15.9 Å². The number of hydrogen-bond donors (Lipinski definition) is 1. The molecule has 0 saturated carbocycles. The number of halogens is 1. The van der Waals surface area contributed by atoms with Crippen LogP contribution in [0.5, 0.6) is 5.75 Å². The Hall–Kier alpha value is -2.14. The topological polar surface area (TPSA) is 72.3 Å². The monoisotopic (exact) mass is 264 g/mol. The third-order valence-corrected chi connectivity index (χ3v) is 2.59. The first-order chi connectivity index (χ1) is 8.68. The minimum absolute atomic E-state index is 0.0650. The van der Waals surface area contributed by atoms with Gasteiger partial charge < -0.3 is 9.84 Å². The zero-order valence-electron chi connectivity index (χ0n) is 9.21. The summed E-state index contributed by atoms with van der Waals surface area (Å²) in [5.41, 5.74) is 0.794. The van der Waals surface area contributed by atoms with Gasteiger partial charge in [0, 0.05) is 24.2 Å². The summed E-state index contributed by atoms with van der Waals surface area (Å²) in [6, 6.07) is 3.09. The molecule has 0 aliphatic rings. The lowest BCUT2D eigenvalue weighted by molar-refractivity contribution is 0.0691. The maximum atomic E-state index is 11.0. The second-order valence-electron chi connectivity index (χ2n) is 3.43. The summed E-state index contributed by atoms with van der Waals surface area (Å²) in [6.07, 6.45) is 5.85. The number of hydrogen-bond acceptors (Lipinski definition) is 4. The van der Waals surface area contributed by atoms with Crippen molar-refractivity contribution in [2.45, 2.75) is 6.61 Å². The van der Waals surface area contributed by atoms with Crippen molar-refractivity contribution in [3.05, 3.63) is 53.1 Å². The Bertz CT molecular complexity index is 575. The highest BCUT2D eigenvalue weighted by atomic mass is 35.5. The number of nitrogens with zero attached hydrogens (tertiary/aromatic N) is 2. The summed E-state index contributed by atoms with van der Waals surface area (Å²) in [4.78, 5) is 18.6. The van der Waals surface area contributed by atoms with Gasteiger partial charge in [-0.3, -0.25) is 9.97 Å². The van der Waals surface area contributed by atoms with Gasteiger partial charge in [-0.1, -0.05) is 11.6 Å². The van der Waals surface area contributed by atoms with Gasteiger partial charge in [0.1, 0.15) is 12.2 Å². The Kier molecular flexibility index (Phi) is 3.74. The average Bonchev–Trinajstić information content (AvgIpc) is 2.38. The summed E-state index contributed by atoms with van der Waals surface area (Å²) in [5.74, 6) is -0.855. The zero-order chi connectivity index (χ0) is 13.0. The van der Waals surface area contributed by atoms with Crippen LogP contribution in [0, 0.1) is 0 Å². The highest BCUT2D eigenvalue weighted by Crippen LogP contribution is 2.20. The van der Waals surface area contributed by atoms with Gasteiger partial charge in [-0.2, -0.15) is 0 Å². The van der Waals surface area contributed by atoms with Crippen molar-refractivity contribution in [1.29, 1.82) is 0 Å². The first kappa shape index (κ1) is 12.3. The number of aromatic nitrogens is 2. The molecule has 0 amide bonds. The van der Waals surface area contributed by atoms with Crippen molar-refractivity contribution in [1.82, 2.24) is 9.97 Å². The molecule has 0 fully saturated rings. The highest BCUT2D eigenvalue weighted by Gasteiger charge is 2.11. The third-order valence-electron chi connectivity index (χ3n) is 2.25. The maximum Gasteiger partial charge on any atom is 0.339 e. The minimum atomic E-state index is -1.06. The van der Waals surface area contributed by atoms with Gasteiger partial charge in [0.25, 0.3) is 0 Å². The number of pyridine rings is 2. The van der Waals surface area contributed by atoms with Crippen LogP contribution >= 0.6 is 11.6 Å². The van der Waals surface area contributed by atoms with Crippen molar-refractivity contribution in [2.75, 3.05) is 0 Å². The van der Waals surface area contributed by atoms with Crippen molar-refractivity contribution < 1.29 is 14.6 Å².